The van der Waals surface area contributed by atoms with Crippen LogP contribution in [0.5, 0.6) is 11.5 Å². The van der Waals surface area contributed by atoms with Crippen molar-refractivity contribution in [1.29, 1.82) is 0 Å². The summed E-state index contributed by atoms with van der Waals surface area (Å²) in [6.07, 6.45) is 2.91. The summed E-state index contributed by atoms with van der Waals surface area (Å²) in [6.45, 7) is 2.70. The maximum atomic E-state index is 6.00. The van der Waals surface area contributed by atoms with Crippen LogP contribution in [-0.2, 0) is 12.8 Å². The average molecular weight is 221 g/mol. The van der Waals surface area contributed by atoms with Gasteiger partial charge in [-0.25, -0.2) is 0 Å². The lowest BCUT2D eigenvalue weighted by molar-refractivity contribution is 0.331. The molecule has 0 fully saturated rings. The first-order valence-corrected chi connectivity index (χ1v) is 5.83. The van der Waals surface area contributed by atoms with Crippen molar-refractivity contribution in [3.8, 4) is 11.5 Å². The van der Waals surface area contributed by atoms with E-state index < -0.39 is 0 Å². The molecular weight excluding hydrogens is 202 g/mol. The highest BCUT2D eigenvalue weighted by atomic mass is 16.5. The third kappa shape index (κ3) is 2.00. The van der Waals surface area contributed by atoms with Crippen LogP contribution in [0.1, 0.15) is 24.5 Å². The smallest absolute Gasteiger partial charge is 0.123 e. The predicted octanol–water partition coefficient (Wildman–Crippen LogP) is 1.91. The van der Waals surface area contributed by atoms with Gasteiger partial charge in [0.15, 0.2) is 0 Å². The lowest BCUT2D eigenvalue weighted by Gasteiger charge is -2.25. The molecule has 88 valence electrons. The van der Waals surface area contributed by atoms with Gasteiger partial charge in [0, 0.05) is 17.2 Å². The molecule has 0 saturated heterocycles. The fourth-order valence-corrected chi connectivity index (χ4v) is 2.32. The Labute approximate surface area is 96.5 Å². The van der Waals surface area contributed by atoms with Crippen LogP contribution in [-0.4, -0.2) is 19.8 Å². The van der Waals surface area contributed by atoms with Gasteiger partial charge in [-0.05, 0) is 38.3 Å². The SMILES string of the molecule is CCOc1ccc(OC)c2c1CCC(N)C2. The molecule has 1 atom stereocenters. The molecule has 0 radical (unpaired) electrons. The minimum atomic E-state index is 0.248. The second-order valence-corrected chi connectivity index (χ2v) is 4.16. The van der Waals surface area contributed by atoms with Crippen molar-refractivity contribution < 1.29 is 9.47 Å². The van der Waals surface area contributed by atoms with Gasteiger partial charge in [0.2, 0.25) is 0 Å². The van der Waals surface area contributed by atoms with E-state index in [0.29, 0.717) is 6.61 Å². The van der Waals surface area contributed by atoms with Crippen molar-refractivity contribution in [2.75, 3.05) is 13.7 Å². The van der Waals surface area contributed by atoms with Gasteiger partial charge < -0.3 is 15.2 Å². The number of methoxy groups -OCH3 is 1. The minimum absolute atomic E-state index is 0.248. The van der Waals surface area contributed by atoms with Crippen molar-refractivity contribution in [3.05, 3.63) is 23.3 Å². The van der Waals surface area contributed by atoms with Crippen LogP contribution in [0.2, 0.25) is 0 Å². The minimum Gasteiger partial charge on any atom is -0.496 e. The monoisotopic (exact) mass is 221 g/mol. The molecule has 0 aliphatic heterocycles. The zero-order valence-electron chi connectivity index (χ0n) is 9.95. The molecule has 0 amide bonds. The predicted molar refractivity (Wildman–Crippen MR) is 64.2 cm³/mol. The maximum absolute atomic E-state index is 6.00. The molecule has 1 aliphatic rings. The molecule has 16 heavy (non-hydrogen) atoms. The topological polar surface area (TPSA) is 44.5 Å². The van der Waals surface area contributed by atoms with E-state index in [1.54, 1.807) is 7.11 Å². The highest BCUT2D eigenvalue weighted by Gasteiger charge is 2.22. The quantitative estimate of drug-likeness (QED) is 0.848. The number of nitrogens with two attached hydrogens (primary N) is 1. The van der Waals surface area contributed by atoms with Gasteiger partial charge in [-0.1, -0.05) is 0 Å². The Morgan fingerprint density at radius 3 is 2.75 bits per heavy atom. The summed E-state index contributed by atoms with van der Waals surface area (Å²) in [6, 6.07) is 4.22. The molecule has 1 aliphatic carbocycles. The van der Waals surface area contributed by atoms with Crippen molar-refractivity contribution in [2.45, 2.75) is 32.2 Å². The highest BCUT2D eigenvalue weighted by Crippen LogP contribution is 2.35. The number of rotatable bonds is 3. The fraction of sp³-hybridized carbons (Fsp3) is 0.538. The van der Waals surface area contributed by atoms with Gasteiger partial charge in [-0.15, -0.1) is 0 Å². The van der Waals surface area contributed by atoms with Crippen molar-refractivity contribution >= 4 is 0 Å². The molecular formula is C13H19NO2. The van der Waals surface area contributed by atoms with E-state index in [-0.39, 0.29) is 6.04 Å². The van der Waals surface area contributed by atoms with E-state index in [0.717, 1.165) is 30.8 Å². The summed E-state index contributed by atoms with van der Waals surface area (Å²) in [5.41, 5.74) is 8.51. The van der Waals surface area contributed by atoms with Crippen LogP contribution >= 0.6 is 0 Å². The Morgan fingerprint density at radius 2 is 2.06 bits per heavy atom. The van der Waals surface area contributed by atoms with Gasteiger partial charge in [0.25, 0.3) is 0 Å². The number of fused-ring (bicyclic) bond motifs is 1. The number of hydrogen-bond donors (Lipinski definition) is 1. The second-order valence-electron chi connectivity index (χ2n) is 4.16. The van der Waals surface area contributed by atoms with Crippen LogP contribution in [0.25, 0.3) is 0 Å². The Balaban J connectivity index is 2.42. The Bertz CT molecular complexity index is 376. The van der Waals surface area contributed by atoms with Gasteiger partial charge in [-0.3, -0.25) is 0 Å². The normalized spacial score (nSPS) is 19.1. The molecule has 1 aromatic carbocycles. The summed E-state index contributed by atoms with van der Waals surface area (Å²) in [4.78, 5) is 0. The van der Waals surface area contributed by atoms with E-state index >= 15 is 0 Å². The summed E-state index contributed by atoms with van der Waals surface area (Å²) in [5.74, 6) is 1.93. The second kappa shape index (κ2) is 4.74. The number of ether oxygens (including phenoxy) is 2. The summed E-state index contributed by atoms with van der Waals surface area (Å²) in [5, 5.41) is 0. The van der Waals surface area contributed by atoms with Gasteiger partial charge in [0.05, 0.1) is 13.7 Å². The van der Waals surface area contributed by atoms with Crippen molar-refractivity contribution in [3.63, 3.8) is 0 Å². The van der Waals surface area contributed by atoms with E-state index in [9.17, 15) is 0 Å². The lowest BCUT2D eigenvalue weighted by atomic mass is 9.87. The van der Waals surface area contributed by atoms with E-state index in [4.69, 9.17) is 15.2 Å². The number of benzene rings is 1. The third-order valence-corrected chi connectivity index (χ3v) is 3.10. The van der Waals surface area contributed by atoms with Gasteiger partial charge in [-0.2, -0.15) is 0 Å². The lowest BCUT2D eigenvalue weighted by Crippen LogP contribution is -2.28. The largest absolute Gasteiger partial charge is 0.496 e. The molecule has 0 bridgehead atoms. The molecule has 3 heteroatoms. The zero-order chi connectivity index (χ0) is 11.5. The van der Waals surface area contributed by atoms with Crippen LogP contribution in [0.4, 0.5) is 0 Å². The molecule has 0 spiro atoms. The Hall–Kier alpha value is -1.22. The van der Waals surface area contributed by atoms with Gasteiger partial charge >= 0.3 is 0 Å². The van der Waals surface area contributed by atoms with Crippen molar-refractivity contribution in [2.24, 2.45) is 5.73 Å². The molecule has 2 rings (SSSR count). The molecule has 1 aromatic rings. The third-order valence-electron chi connectivity index (χ3n) is 3.10. The number of hydrogen-bond acceptors (Lipinski definition) is 3. The molecule has 2 N–H and O–H groups in total. The van der Waals surface area contributed by atoms with E-state index in [1.165, 1.54) is 11.1 Å². The van der Waals surface area contributed by atoms with Crippen LogP contribution in [0, 0.1) is 0 Å². The fourth-order valence-electron chi connectivity index (χ4n) is 2.32. The molecule has 1 unspecified atom stereocenters. The van der Waals surface area contributed by atoms with Gasteiger partial charge in [0.1, 0.15) is 11.5 Å². The molecule has 3 nitrogen and oxygen atoms in total. The zero-order valence-corrected chi connectivity index (χ0v) is 9.95. The molecule has 0 aromatic heterocycles. The maximum Gasteiger partial charge on any atom is 0.123 e. The summed E-state index contributed by atoms with van der Waals surface area (Å²) >= 11 is 0. The highest BCUT2D eigenvalue weighted by molar-refractivity contribution is 5.50. The van der Waals surface area contributed by atoms with Crippen molar-refractivity contribution in [1.82, 2.24) is 0 Å². The Morgan fingerprint density at radius 1 is 1.31 bits per heavy atom. The molecule has 0 saturated carbocycles. The standard InChI is InChI=1S/C13H19NO2/c1-3-16-13-7-6-12(15-2)11-8-9(14)4-5-10(11)13/h6-7,9H,3-5,8,14H2,1-2H3. The van der Waals surface area contributed by atoms with E-state index in [1.807, 2.05) is 19.1 Å². The first kappa shape index (κ1) is 11.3. The first-order chi connectivity index (χ1) is 7.76. The van der Waals surface area contributed by atoms with Crippen LogP contribution in [0.3, 0.4) is 0 Å². The van der Waals surface area contributed by atoms with Crippen LogP contribution in [0.15, 0.2) is 12.1 Å². The first-order valence-electron chi connectivity index (χ1n) is 5.83. The van der Waals surface area contributed by atoms with Crippen LogP contribution < -0.4 is 15.2 Å². The average Bonchev–Trinajstić information content (AvgIpc) is 2.29. The Kier molecular flexibility index (Phi) is 3.34. The summed E-state index contributed by atoms with van der Waals surface area (Å²) in [7, 11) is 1.70. The summed E-state index contributed by atoms with van der Waals surface area (Å²) < 4.78 is 11.0. The molecule has 0 heterocycles. The van der Waals surface area contributed by atoms with E-state index in [2.05, 4.69) is 0 Å².